The van der Waals surface area contributed by atoms with E-state index in [4.69, 9.17) is 0 Å². The van der Waals surface area contributed by atoms with Crippen LogP contribution in [0.4, 0.5) is 0 Å². The summed E-state index contributed by atoms with van der Waals surface area (Å²) in [5.74, 6) is 0.901. The molecule has 1 aromatic heterocycles. The van der Waals surface area contributed by atoms with E-state index in [0.717, 1.165) is 18.9 Å². The Labute approximate surface area is 102 Å². The Hall–Kier alpha value is -0.410. The second-order valence-electron chi connectivity index (χ2n) is 4.79. The SMILES string of the molecule is CCc1ncc(CNC(C)C2CCCC2)s1. The van der Waals surface area contributed by atoms with Gasteiger partial charge in [-0.1, -0.05) is 19.8 Å². The molecule has 0 radical (unpaired) electrons. The molecule has 1 saturated carbocycles. The first-order chi connectivity index (χ1) is 7.79. The highest BCUT2D eigenvalue weighted by Gasteiger charge is 2.20. The number of hydrogen-bond acceptors (Lipinski definition) is 3. The van der Waals surface area contributed by atoms with E-state index in [2.05, 4.69) is 24.1 Å². The van der Waals surface area contributed by atoms with Crippen molar-refractivity contribution in [2.24, 2.45) is 5.92 Å². The standard InChI is InChI=1S/C13H22N2S/c1-3-13-15-9-12(16-13)8-14-10(2)11-6-4-5-7-11/h9-11,14H,3-8H2,1-2H3. The largest absolute Gasteiger partial charge is 0.309 e. The van der Waals surface area contributed by atoms with E-state index in [9.17, 15) is 0 Å². The van der Waals surface area contributed by atoms with Crippen molar-refractivity contribution in [1.82, 2.24) is 10.3 Å². The summed E-state index contributed by atoms with van der Waals surface area (Å²) in [6.07, 6.45) is 8.77. The van der Waals surface area contributed by atoms with Gasteiger partial charge in [0.1, 0.15) is 0 Å². The first kappa shape index (κ1) is 12.1. The molecule has 1 fully saturated rings. The van der Waals surface area contributed by atoms with Gasteiger partial charge in [0.2, 0.25) is 0 Å². The van der Waals surface area contributed by atoms with E-state index in [1.54, 1.807) is 0 Å². The van der Waals surface area contributed by atoms with Gasteiger partial charge in [-0.3, -0.25) is 0 Å². The summed E-state index contributed by atoms with van der Waals surface area (Å²) < 4.78 is 0. The van der Waals surface area contributed by atoms with Gasteiger partial charge in [-0.05, 0) is 32.1 Å². The minimum absolute atomic E-state index is 0.662. The van der Waals surface area contributed by atoms with E-state index < -0.39 is 0 Å². The van der Waals surface area contributed by atoms with Crippen LogP contribution in [0.25, 0.3) is 0 Å². The number of aromatic nitrogens is 1. The van der Waals surface area contributed by atoms with Crippen LogP contribution in [0.3, 0.4) is 0 Å². The molecule has 0 aliphatic heterocycles. The highest BCUT2D eigenvalue weighted by molar-refractivity contribution is 7.11. The van der Waals surface area contributed by atoms with Crippen molar-refractivity contribution in [1.29, 1.82) is 0 Å². The van der Waals surface area contributed by atoms with E-state index in [1.165, 1.54) is 35.6 Å². The predicted octanol–water partition coefficient (Wildman–Crippen LogP) is 3.37. The monoisotopic (exact) mass is 238 g/mol. The van der Waals surface area contributed by atoms with Crippen molar-refractivity contribution >= 4 is 11.3 Å². The van der Waals surface area contributed by atoms with Crippen molar-refractivity contribution in [3.05, 3.63) is 16.1 Å². The molecule has 1 heterocycles. The lowest BCUT2D eigenvalue weighted by Crippen LogP contribution is -2.31. The third kappa shape index (κ3) is 3.05. The van der Waals surface area contributed by atoms with E-state index in [0.29, 0.717) is 6.04 Å². The number of nitrogens with zero attached hydrogens (tertiary/aromatic N) is 1. The molecule has 0 bridgehead atoms. The number of nitrogens with one attached hydrogen (secondary N) is 1. The number of hydrogen-bond donors (Lipinski definition) is 1. The van der Waals surface area contributed by atoms with Gasteiger partial charge in [0.05, 0.1) is 5.01 Å². The van der Waals surface area contributed by atoms with Crippen LogP contribution in [0.15, 0.2) is 6.20 Å². The Morgan fingerprint density at radius 1 is 1.50 bits per heavy atom. The lowest BCUT2D eigenvalue weighted by molar-refractivity contribution is 0.381. The highest BCUT2D eigenvalue weighted by atomic mass is 32.1. The molecule has 1 N–H and O–H groups in total. The molecule has 2 rings (SSSR count). The molecule has 16 heavy (non-hydrogen) atoms. The van der Waals surface area contributed by atoms with Gasteiger partial charge < -0.3 is 5.32 Å². The average Bonchev–Trinajstić information content (AvgIpc) is 2.96. The van der Waals surface area contributed by atoms with Crippen LogP contribution < -0.4 is 5.32 Å². The molecule has 0 spiro atoms. The van der Waals surface area contributed by atoms with Crippen molar-refractivity contribution < 1.29 is 0 Å². The normalized spacial score (nSPS) is 19.1. The molecular weight excluding hydrogens is 216 g/mol. The summed E-state index contributed by atoms with van der Waals surface area (Å²) in [7, 11) is 0. The molecule has 1 aromatic rings. The zero-order valence-electron chi connectivity index (χ0n) is 10.3. The summed E-state index contributed by atoms with van der Waals surface area (Å²) >= 11 is 1.84. The van der Waals surface area contributed by atoms with Crippen LogP contribution in [0.1, 0.15) is 49.4 Å². The van der Waals surface area contributed by atoms with Crippen molar-refractivity contribution in [3.8, 4) is 0 Å². The van der Waals surface area contributed by atoms with Crippen LogP contribution >= 0.6 is 11.3 Å². The zero-order valence-corrected chi connectivity index (χ0v) is 11.1. The Morgan fingerprint density at radius 2 is 2.25 bits per heavy atom. The second kappa shape index (κ2) is 5.78. The number of thiazole rings is 1. The van der Waals surface area contributed by atoms with Crippen molar-refractivity contribution in [2.75, 3.05) is 0 Å². The minimum Gasteiger partial charge on any atom is -0.309 e. The van der Waals surface area contributed by atoms with Crippen LogP contribution in [0.5, 0.6) is 0 Å². The van der Waals surface area contributed by atoms with E-state index >= 15 is 0 Å². The molecule has 1 atom stereocenters. The maximum absolute atomic E-state index is 4.39. The van der Waals surface area contributed by atoms with Gasteiger partial charge in [-0.15, -0.1) is 11.3 Å². The van der Waals surface area contributed by atoms with Gasteiger partial charge in [0.15, 0.2) is 0 Å². The van der Waals surface area contributed by atoms with E-state index in [-0.39, 0.29) is 0 Å². The Morgan fingerprint density at radius 3 is 2.88 bits per heavy atom. The fraction of sp³-hybridized carbons (Fsp3) is 0.769. The third-order valence-corrected chi connectivity index (χ3v) is 4.75. The first-order valence-electron chi connectivity index (χ1n) is 6.46. The topological polar surface area (TPSA) is 24.9 Å². The van der Waals surface area contributed by atoms with Crippen molar-refractivity contribution in [2.45, 2.75) is 58.5 Å². The van der Waals surface area contributed by atoms with E-state index in [1.807, 2.05) is 17.5 Å². The summed E-state index contributed by atoms with van der Waals surface area (Å²) in [4.78, 5) is 5.77. The first-order valence-corrected chi connectivity index (χ1v) is 7.28. The minimum atomic E-state index is 0.662. The molecule has 0 saturated heterocycles. The fourth-order valence-electron chi connectivity index (χ4n) is 2.48. The van der Waals surface area contributed by atoms with Gasteiger partial charge in [-0.25, -0.2) is 4.98 Å². The molecular formula is C13H22N2S. The summed E-state index contributed by atoms with van der Waals surface area (Å²) in [6, 6.07) is 0.662. The van der Waals surface area contributed by atoms with Gasteiger partial charge >= 0.3 is 0 Å². The lowest BCUT2D eigenvalue weighted by Gasteiger charge is -2.19. The average molecular weight is 238 g/mol. The van der Waals surface area contributed by atoms with Crippen molar-refractivity contribution in [3.63, 3.8) is 0 Å². The van der Waals surface area contributed by atoms with Gasteiger partial charge in [-0.2, -0.15) is 0 Å². The molecule has 1 aliphatic rings. The quantitative estimate of drug-likeness (QED) is 0.850. The third-order valence-electron chi connectivity index (χ3n) is 3.61. The summed E-state index contributed by atoms with van der Waals surface area (Å²) in [6.45, 7) is 5.49. The molecule has 3 heteroatoms. The Kier molecular flexibility index (Phi) is 4.36. The van der Waals surface area contributed by atoms with Crippen LogP contribution in [-0.2, 0) is 13.0 Å². The van der Waals surface area contributed by atoms with Crippen LogP contribution in [0, 0.1) is 5.92 Å². The fourth-order valence-corrected chi connectivity index (χ4v) is 3.29. The smallest absolute Gasteiger partial charge is 0.0925 e. The van der Waals surface area contributed by atoms with Gasteiger partial charge in [0, 0.05) is 23.7 Å². The Bertz CT molecular complexity index is 315. The highest BCUT2D eigenvalue weighted by Crippen LogP contribution is 2.27. The lowest BCUT2D eigenvalue weighted by atomic mass is 10.00. The van der Waals surface area contributed by atoms with Crippen LogP contribution in [-0.4, -0.2) is 11.0 Å². The maximum Gasteiger partial charge on any atom is 0.0925 e. The summed E-state index contributed by atoms with van der Waals surface area (Å²) in [5, 5.41) is 4.90. The molecule has 2 nitrogen and oxygen atoms in total. The number of rotatable bonds is 5. The van der Waals surface area contributed by atoms with Gasteiger partial charge in [0.25, 0.3) is 0 Å². The van der Waals surface area contributed by atoms with Crippen LogP contribution in [0.2, 0.25) is 0 Å². The Balaban J connectivity index is 1.77. The predicted molar refractivity (Wildman–Crippen MR) is 69.8 cm³/mol. The molecule has 1 unspecified atom stereocenters. The molecule has 0 aromatic carbocycles. The zero-order chi connectivity index (χ0) is 11.4. The molecule has 90 valence electrons. The maximum atomic E-state index is 4.39. The number of aryl methyl sites for hydroxylation is 1. The summed E-state index contributed by atoms with van der Waals surface area (Å²) in [5.41, 5.74) is 0. The molecule has 0 amide bonds. The molecule has 1 aliphatic carbocycles. The second-order valence-corrected chi connectivity index (χ2v) is 5.99.